The first-order valence-electron chi connectivity index (χ1n) is 13.9. The van der Waals surface area contributed by atoms with Gasteiger partial charge in [0.15, 0.2) is 0 Å². The van der Waals surface area contributed by atoms with Crippen LogP contribution in [0.4, 0.5) is 10.5 Å². The summed E-state index contributed by atoms with van der Waals surface area (Å²) in [6.07, 6.45) is 10.5. The summed E-state index contributed by atoms with van der Waals surface area (Å²) in [7, 11) is 4.25. The molecule has 4 aliphatic rings. The molecule has 208 valence electrons. The van der Waals surface area contributed by atoms with Crippen molar-refractivity contribution in [2.45, 2.75) is 76.3 Å². The zero-order chi connectivity index (χ0) is 26.6. The van der Waals surface area contributed by atoms with E-state index < -0.39 is 16.2 Å². The minimum absolute atomic E-state index is 0.0921. The second-order valence-corrected chi connectivity index (χ2v) is 13.1. The van der Waals surface area contributed by atoms with Crippen LogP contribution in [0.15, 0.2) is 6.07 Å². The van der Waals surface area contributed by atoms with Gasteiger partial charge in [-0.1, -0.05) is 6.07 Å². The minimum atomic E-state index is -3.86. The summed E-state index contributed by atoms with van der Waals surface area (Å²) in [6, 6.07) is 2.32. The van der Waals surface area contributed by atoms with Crippen LogP contribution in [0.3, 0.4) is 0 Å². The highest BCUT2D eigenvalue weighted by molar-refractivity contribution is 7.87. The molecule has 0 spiro atoms. The number of rotatable bonds is 7. The summed E-state index contributed by atoms with van der Waals surface area (Å²) >= 11 is 0. The van der Waals surface area contributed by atoms with E-state index in [1.807, 2.05) is 19.0 Å². The van der Waals surface area contributed by atoms with Crippen molar-refractivity contribution >= 4 is 21.9 Å². The van der Waals surface area contributed by atoms with E-state index in [2.05, 4.69) is 40.4 Å². The smallest absolute Gasteiger partial charge is 0.313 e. The van der Waals surface area contributed by atoms with Gasteiger partial charge in [0.25, 0.3) is 0 Å². The summed E-state index contributed by atoms with van der Waals surface area (Å²) in [6.45, 7) is 3.53. The number of amides is 2. The third-order valence-corrected chi connectivity index (χ3v) is 9.43. The predicted octanol–water partition coefficient (Wildman–Crippen LogP) is 2.36. The first-order valence-corrected chi connectivity index (χ1v) is 15.4. The number of likely N-dealkylation sites (N-methyl/N-ethyl adjacent to an activating group) is 2. The van der Waals surface area contributed by atoms with Crippen LogP contribution in [0.25, 0.3) is 0 Å². The molecule has 2 aliphatic carbocycles. The lowest BCUT2D eigenvalue weighted by atomic mass is 9.99. The highest BCUT2D eigenvalue weighted by Gasteiger charge is 2.36. The zero-order valence-corrected chi connectivity index (χ0v) is 23.9. The normalized spacial score (nSPS) is 23.2. The third-order valence-electron chi connectivity index (χ3n) is 7.89. The van der Waals surface area contributed by atoms with Crippen LogP contribution in [0, 0.1) is 0 Å². The number of aryl methyl sites for hydroxylation is 2. The van der Waals surface area contributed by atoms with Crippen LogP contribution >= 0.6 is 0 Å². The highest BCUT2D eigenvalue weighted by atomic mass is 32.2. The van der Waals surface area contributed by atoms with Gasteiger partial charge in [0.2, 0.25) is 0 Å². The van der Waals surface area contributed by atoms with E-state index in [9.17, 15) is 13.2 Å². The fourth-order valence-electron chi connectivity index (χ4n) is 6.36. The molecule has 2 saturated heterocycles. The Morgan fingerprint density at radius 1 is 0.946 bits per heavy atom. The van der Waals surface area contributed by atoms with Crippen LogP contribution in [0.1, 0.15) is 60.8 Å². The van der Waals surface area contributed by atoms with Crippen molar-refractivity contribution in [2.75, 3.05) is 59.7 Å². The van der Waals surface area contributed by atoms with Crippen molar-refractivity contribution in [1.29, 1.82) is 0 Å². The summed E-state index contributed by atoms with van der Waals surface area (Å²) < 4.78 is 29.4. The van der Waals surface area contributed by atoms with Gasteiger partial charge in [-0.2, -0.15) is 12.7 Å². The van der Waals surface area contributed by atoms with Crippen LogP contribution in [-0.4, -0.2) is 95.0 Å². The predicted molar refractivity (Wildman–Crippen MR) is 149 cm³/mol. The number of fused-ring (bicyclic) bond motifs is 2. The Balaban J connectivity index is 0.000000301. The summed E-state index contributed by atoms with van der Waals surface area (Å²) in [5.74, 6) is 0. The van der Waals surface area contributed by atoms with Gasteiger partial charge in [-0.25, -0.2) is 9.52 Å². The Kier molecular flexibility index (Phi) is 9.50. The van der Waals surface area contributed by atoms with Gasteiger partial charge in [-0.15, -0.1) is 0 Å². The monoisotopic (exact) mass is 534 g/mol. The van der Waals surface area contributed by atoms with Gasteiger partial charge < -0.3 is 20.4 Å². The number of urea groups is 1. The van der Waals surface area contributed by atoms with Gasteiger partial charge in [0, 0.05) is 37.4 Å². The third kappa shape index (κ3) is 7.23. The molecule has 10 heteroatoms. The van der Waals surface area contributed by atoms with E-state index in [1.54, 1.807) is 0 Å². The van der Waals surface area contributed by atoms with Crippen LogP contribution in [-0.2, 0) is 35.9 Å². The Labute approximate surface area is 223 Å². The van der Waals surface area contributed by atoms with Gasteiger partial charge in [-0.05, 0) is 121 Å². The van der Waals surface area contributed by atoms with Crippen LogP contribution in [0.2, 0.25) is 0 Å². The molecule has 2 unspecified atom stereocenters. The minimum Gasteiger partial charge on any atom is -0.313 e. The fourth-order valence-corrected chi connectivity index (χ4v) is 7.70. The van der Waals surface area contributed by atoms with Crippen molar-refractivity contribution in [3.63, 3.8) is 0 Å². The van der Waals surface area contributed by atoms with Crippen molar-refractivity contribution in [2.24, 2.45) is 0 Å². The Bertz CT molecular complexity index is 1020. The molecule has 2 amide bonds. The van der Waals surface area contributed by atoms with Crippen molar-refractivity contribution in [3.8, 4) is 0 Å². The number of benzene rings is 1. The second kappa shape index (κ2) is 12.4. The molecule has 3 N–H and O–H groups in total. The molecule has 1 aromatic carbocycles. The van der Waals surface area contributed by atoms with Gasteiger partial charge in [-0.3, -0.25) is 0 Å². The molecule has 0 saturated carbocycles. The lowest BCUT2D eigenvalue weighted by molar-refractivity contribution is 0.254. The fraction of sp³-hybridized carbons (Fsp3) is 0.741. The lowest BCUT2D eigenvalue weighted by Gasteiger charge is -2.26. The molecule has 2 heterocycles. The number of nitrogens with one attached hydrogen (secondary N) is 3. The molecule has 2 fully saturated rings. The van der Waals surface area contributed by atoms with E-state index in [0.29, 0.717) is 13.1 Å². The number of carbonyl (C=O) groups excluding carboxylic acids is 1. The van der Waals surface area contributed by atoms with Crippen molar-refractivity contribution < 1.29 is 13.2 Å². The molecule has 0 bridgehead atoms. The number of anilines is 1. The van der Waals surface area contributed by atoms with E-state index in [4.69, 9.17) is 0 Å². The summed E-state index contributed by atoms with van der Waals surface area (Å²) in [5.41, 5.74) is 5.87. The Hall–Kier alpha value is -1.72. The number of hydrogen-bond acceptors (Lipinski definition) is 6. The zero-order valence-electron chi connectivity index (χ0n) is 23.1. The average molecular weight is 535 g/mol. The molecule has 2 atom stereocenters. The van der Waals surface area contributed by atoms with Gasteiger partial charge >= 0.3 is 16.2 Å². The number of carbonyl (C=O) groups is 1. The van der Waals surface area contributed by atoms with E-state index in [0.717, 1.165) is 63.1 Å². The maximum absolute atomic E-state index is 12.8. The summed E-state index contributed by atoms with van der Waals surface area (Å²) in [5, 5.41) is 6.36. The molecular weight excluding hydrogens is 488 g/mol. The van der Waals surface area contributed by atoms with Crippen molar-refractivity contribution in [1.82, 2.24) is 24.1 Å². The second-order valence-electron chi connectivity index (χ2n) is 11.5. The molecule has 37 heavy (non-hydrogen) atoms. The molecule has 1 aromatic rings. The summed E-state index contributed by atoms with van der Waals surface area (Å²) in [4.78, 5) is 16.9. The first-order chi connectivity index (χ1) is 17.6. The quantitative estimate of drug-likeness (QED) is 0.497. The van der Waals surface area contributed by atoms with Gasteiger partial charge in [0.05, 0.1) is 0 Å². The lowest BCUT2D eigenvalue weighted by Crippen LogP contribution is -2.49. The molecule has 9 nitrogen and oxygen atoms in total. The molecule has 5 rings (SSSR count). The van der Waals surface area contributed by atoms with E-state index in [-0.39, 0.29) is 6.04 Å². The van der Waals surface area contributed by atoms with E-state index in [1.165, 1.54) is 52.5 Å². The number of hydrogen-bond donors (Lipinski definition) is 3. The first kappa shape index (κ1) is 28.3. The van der Waals surface area contributed by atoms with E-state index >= 15 is 0 Å². The largest absolute Gasteiger partial charge is 0.333 e. The molecular formula is C27H46N6O3S. The van der Waals surface area contributed by atoms with Crippen LogP contribution < -0.4 is 15.4 Å². The maximum atomic E-state index is 12.8. The topological polar surface area (TPSA) is 97.0 Å². The van der Waals surface area contributed by atoms with Crippen LogP contribution in [0.5, 0.6) is 0 Å². The highest BCUT2D eigenvalue weighted by Crippen LogP contribution is 2.38. The Morgan fingerprint density at radius 2 is 1.59 bits per heavy atom. The standard InChI is InChI=1S/C20H30N4O3S.C7H16N2/c1-23(2)13-16-8-5-11-24(16)28(26,27)22-20(25)21-19-17-9-3-6-14(17)12-15-7-4-10-18(15)19;1-9(2)6-7-4-3-5-8-7/h12,16H,3-11,13H2,1-2H3,(H2,21,22,25);7-8H,3-6H2,1-2H3. The molecule has 0 radical (unpaired) electrons. The molecule has 0 aromatic heterocycles. The maximum Gasteiger partial charge on any atom is 0.333 e. The van der Waals surface area contributed by atoms with Crippen molar-refractivity contribution in [3.05, 3.63) is 28.3 Å². The van der Waals surface area contributed by atoms with Gasteiger partial charge in [0.1, 0.15) is 0 Å². The SMILES string of the molecule is CN(C)CC1CCCN1.CN(C)CC1CCCN1S(=O)(=O)NC(=O)Nc1c2c(cc3c1CCC3)CCC2. The Morgan fingerprint density at radius 3 is 2.16 bits per heavy atom. The average Bonchev–Trinajstić information content (AvgIpc) is 3.60. The molecule has 2 aliphatic heterocycles. The number of nitrogens with zero attached hydrogens (tertiary/aromatic N) is 3.